The highest BCUT2D eigenvalue weighted by atomic mass is 16.6. The van der Waals surface area contributed by atoms with Crippen molar-refractivity contribution in [1.29, 1.82) is 5.26 Å². The molecule has 8 nitrogen and oxygen atoms in total. The zero-order chi connectivity index (χ0) is 17.5. The van der Waals surface area contributed by atoms with E-state index in [2.05, 4.69) is 9.88 Å². The van der Waals surface area contributed by atoms with Gasteiger partial charge in [-0.15, -0.1) is 0 Å². The zero-order valence-electron chi connectivity index (χ0n) is 14.1. The summed E-state index contributed by atoms with van der Waals surface area (Å²) in [6.07, 6.45) is -0.323. The molecule has 8 heteroatoms. The molecule has 1 fully saturated rings. The average molecular weight is 331 g/mol. The number of amides is 1. The van der Waals surface area contributed by atoms with E-state index in [-0.39, 0.29) is 17.8 Å². The SMILES string of the molecule is CC(C)(C)OC(=O)N1CCN2c3nc(C#N)c(N)cc3OC[C@@H]2C1. The number of rotatable bonds is 0. The van der Waals surface area contributed by atoms with Gasteiger partial charge in [-0.3, -0.25) is 0 Å². The molecular formula is C16H21N5O3. The van der Waals surface area contributed by atoms with Crippen LogP contribution in [0, 0.1) is 11.3 Å². The smallest absolute Gasteiger partial charge is 0.410 e. The van der Waals surface area contributed by atoms with Crippen LogP contribution in [0.4, 0.5) is 16.3 Å². The summed E-state index contributed by atoms with van der Waals surface area (Å²) in [5.41, 5.74) is 5.76. The fourth-order valence-corrected chi connectivity index (χ4v) is 2.86. The van der Waals surface area contributed by atoms with Crippen molar-refractivity contribution in [3.63, 3.8) is 0 Å². The van der Waals surface area contributed by atoms with Crippen LogP contribution >= 0.6 is 0 Å². The van der Waals surface area contributed by atoms with E-state index >= 15 is 0 Å². The fourth-order valence-electron chi connectivity index (χ4n) is 2.86. The summed E-state index contributed by atoms with van der Waals surface area (Å²) in [6.45, 7) is 7.58. The number of hydrogen-bond acceptors (Lipinski definition) is 7. The second-order valence-corrected chi connectivity index (χ2v) is 6.94. The van der Waals surface area contributed by atoms with Crippen molar-refractivity contribution in [2.24, 2.45) is 0 Å². The predicted octanol–water partition coefficient (Wildman–Crippen LogP) is 1.35. The lowest BCUT2D eigenvalue weighted by atomic mass is 10.1. The summed E-state index contributed by atoms with van der Waals surface area (Å²) < 4.78 is 11.2. The van der Waals surface area contributed by atoms with Gasteiger partial charge in [0.05, 0.1) is 11.7 Å². The standard InChI is InChI=1S/C16H21N5O3/c1-16(2,3)24-15(22)20-4-5-21-10(8-20)9-23-13-6-11(18)12(7-17)19-14(13)21/h6,10H,4-5,8-9,18H2,1-3H3/t10-/m0/s1. The van der Waals surface area contributed by atoms with Gasteiger partial charge in [-0.2, -0.15) is 5.26 Å². The van der Waals surface area contributed by atoms with Gasteiger partial charge >= 0.3 is 6.09 Å². The van der Waals surface area contributed by atoms with Crippen molar-refractivity contribution >= 4 is 17.6 Å². The first-order chi connectivity index (χ1) is 11.3. The molecule has 1 amide bonds. The summed E-state index contributed by atoms with van der Waals surface area (Å²) in [5.74, 6) is 1.19. The predicted molar refractivity (Wildman–Crippen MR) is 87.8 cm³/mol. The first-order valence-corrected chi connectivity index (χ1v) is 7.86. The molecule has 1 saturated heterocycles. The average Bonchev–Trinajstić information content (AvgIpc) is 2.51. The minimum atomic E-state index is -0.523. The van der Waals surface area contributed by atoms with Crippen LogP contribution in [0.15, 0.2) is 6.07 Å². The van der Waals surface area contributed by atoms with Crippen LogP contribution in [-0.2, 0) is 4.74 Å². The molecule has 0 aliphatic carbocycles. The Bertz CT molecular complexity index is 707. The molecule has 2 N–H and O–H groups in total. The van der Waals surface area contributed by atoms with E-state index < -0.39 is 5.60 Å². The van der Waals surface area contributed by atoms with Gasteiger partial charge in [0.2, 0.25) is 0 Å². The summed E-state index contributed by atoms with van der Waals surface area (Å²) >= 11 is 0. The van der Waals surface area contributed by atoms with E-state index in [0.29, 0.717) is 43.5 Å². The summed E-state index contributed by atoms with van der Waals surface area (Å²) in [5, 5.41) is 9.12. The lowest BCUT2D eigenvalue weighted by Gasteiger charge is -2.44. The third-order valence-corrected chi connectivity index (χ3v) is 3.94. The molecule has 24 heavy (non-hydrogen) atoms. The number of anilines is 2. The van der Waals surface area contributed by atoms with E-state index in [9.17, 15) is 4.79 Å². The molecule has 3 rings (SSSR count). The molecule has 0 radical (unpaired) electrons. The molecule has 128 valence electrons. The number of fused-ring (bicyclic) bond motifs is 3. The van der Waals surface area contributed by atoms with Gasteiger partial charge in [0.15, 0.2) is 17.3 Å². The zero-order valence-corrected chi connectivity index (χ0v) is 14.1. The summed E-state index contributed by atoms with van der Waals surface area (Å²) in [6, 6.07) is 3.60. The molecule has 0 spiro atoms. The fraction of sp³-hybridized carbons (Fsp3) is 0.562. The van der Waals surface area contributed by atoms with Gasteiger partial charge in [-0.25, -0.2) is 9.78 Å². The Hall–Kier alpha value is -2.69. The topological polar surface area (TPSA) is 105 Å². The minimum Gasteiger partial charge on any atom is -0.487 e. The van der Waals surface area contributed by atoms with Crippen molar-refractivity contribution in [2.45, 2.75) is 32.4 Å². The number of nitrogens with two attached hydrogens (primary N) is 1. The maximum atomic E-state index is 12.2. The van der Waals surface area contributed by atoms with Crippen molar-refractivity contribution in [3.8, 4) is 11.8 Å². The van der Waals surface area contributed by atoms with E-state index in [4.69, 9.17) is 20.5 Å². The number of piperazine rings is 1. The van der Waals surface area contributed by atoms with Crippen LogP contribution in [0.25, 0.3) is 0 Å². The Kier molecular flexibility index (Phi) is 3.87. The third-order valence-electron chi connectivity index (χ3n) is 3.94. The van der Waals surface area contributed by atoms with Crippen LogP contribution in [0.3, 0.4) is 0 Å². The van der Waals surface area contributed by atoms with Crippen molar-refractivity contribution in [2.75, 3.05) is 36.9 Å². The lowest BCUT2D eigenvalue weighted by Crippen LogP contribution is -2.59. The Morgan fingerprint density at radius 2 is 2.25 bits per heavy atom. The summed E-state index contributed by atoms with van der Waals surface area (Å²) in [4.78, 5) is 20.3. The molecule has 1 atom stereocenters. The van der Waals surface area contributed by atoms with E-state index in [1.807, 2.05) is 26.8 Å². The Morgan fingerprint density at radius 3 is 2.92 bits per heavy atom. The van der Waals surface area contributed by atoms with Gasteiger partial charge in [-0.1, -0.05) is 0 Å². The molecule has 2 aliphatic rings. The van der Waals surface area contributed by atoms with Crippen LogP contribution in [0.2, 0.25) is 0 Å². The highest BCUT2D eigenvalue weighted by Crippen LogP contribution is 2.36. The molecule has 1 aromatic rings. The third kappa shape index (κ3) is 3.02. The summed E-state index contributed by atoms with van der Waals surface area (Å²) in [7, 11) is 0. The minimum absolute atomic E-state index is 0.0264. The highest BCUT2D eigenvalue weighted by Gasteiger charge is 2.37. The van der Waals surface area contributed by atoms with E-state index in [0.717, 1.165) is 0 Å². The number of hydrogen-bond donors (Lipinski definition) is 1. The van der Waals surface area contributed by atoms with Gasteiger partial charge in [0.25, 0.3) is 0 Å². The number of aromatic nitrogens is 1. The van der Waals surface area contributed by atoms with Crippen LogP contribution in [0.5, 0.6) is 5.75 Å². The molecule has 0 unspecified atom stereocenters. The number of nitrogens with zero attached hydrogens (tertiary/aromatic N) is 4. The highest BCUT2D eigenvalue weighted by molar-refractivity contribution is 5.70. The molecule has 0 aromatic carbocycles. The quantitative estimate of drug-likeness (QED) is 0.765. The number of pyridine rings is 1. The number of carbonyl (C=O) groups excluding carboxylic acids is 1. The maximum absolute atomic E-state index is 12.2. The molecule has 2 aliphatic heterocycles. The number of carbonyl (C=O) groups is 1. The lowest BCUT2D eigenvalue weighted by molar-refractivity contribution is 0.0194. The van der Waals surface area contributed by atoms with Gasteiger partial charge in [-0.05, 0) is 20.8 Å². The maximum Gasteiger partial charge on any atom is 0.410 e. The van der Waals surface area contributed by atoms with E-state index in [1.54, 1.807) is 11.0 Å². The Balaban J connectivity index is 1.78. The normalized spacial score (nSPS) is 19.7. The van der Waals surface area contributed by atoms with Crippen LogP contribution in [0.1, 0.15) is 26.5 Å². The van der Waals surface area contributed by atoms with Crippen molar-refractivity contribution in [1.82, 2.24) is 9.88 Å². The monoisotopic (exact) mass is 331 g/mol. The Morgan fingerprint density at radius 1 is 1.50 bits per heavy atom. The van der Waals surface area contributed by atoms with Gasteiger partial charge in [0.1, 0.15) is 18.3 Å². The molecule has 0 saturated carbocycles. The van der Waals surface area contributed by atoms with Crippen LogP contribution < -0.4 is 15.4 Å². The van der Waals surface area contributed by atoms with Crippen LogP contribution in [-0.4, -0.2) is 53.9 Å². The molecule has 1 aromatic heterocycles. The largest absolute Gasteiger partial charge is 0.487 e. The first kappa shape index (κ1) is 16.2. The number of nitrogen functional groups attached to an aromatic ring is 1. The Labute approximate surface area is 140 Å². The number of nitriles is 1. The first-order valence-electron chi connectivity index (χ1n) is 7.86. The molecule has 3 heterocycles. The van der Waals surface area contributed by atoms with Gasteiger partial charge < -0.3 is 25.0 Å². The second kappa shape index (κ2) is 5.74. The van der Waals surface area contributed by atoms with Crippen molar-refractivity contribution < 1.29 is 14.3 Å². The van der Waals surface area contributed by atoms with Gasteiger partial charge in [0, 0.05) is 25.7 Å². The number of ether oxygens (including phenoxy) is 2. The van der Waals surface area contributed by atoms with Crippen molar-refractivity contribution in [3.05, 3.63) is 11.8 Å². The molecular weight excluding hydrogens is 310 g/mol. The van der Waals surface area contributed by atoms with E-state index in [1.165, 1.54) is 0 Å². The second-order valence-electron chi connectivity index (χ2n) is 6.94. The molecule has 0 bridgehead atoms.